The van der Waals surface area contributed by atoms with Gasteiger partial charge in [-0.25, -0.2) is 4.68 Å². The summed E-state index contributed by atoms with van der Waals surface area (Å²) in [7, 11) is 0. The van der Waals surface area contributed by atoms with Gasteiger partial charge in [-0.3, -0.25) is 14.9 Å². The van der Waals surface area contributed by atoms with Crippen LogP contribution in [0.4, 0.5) is 5.13 Å². The summed E-state index contributed by atoms with van der Waals surface area (Å²) in [4.78, 5) is 24.9. The van der Waals surface area contributed by atoms with Crippen LogP contribution in [-0.2, 0) is 4.79 Å². The second kappa shape index (κ2) is 9.66. The quantitative estimate of drug-likeness (QED) is 0.431. The number of aromatic nitrogens is 4. The van der Waals surface area contributed by atoms with E-state index >= 15 is 0 Å². The third-order valence-electron chi connectivity index (χ3n) is 3.94. The highest BCUT2D eigenvalue weighted by Crippen LogP contribution is 2.25. The van der Waals surface area contributed by atoms with E-state index in [1.807, 2.05) is 38.1 Å². The molecule has 1 N–H and O–H groups in total. The molecule has 29 heavy (non-hydrogen) atoms. The van der Waals surface area contributed by atoms with Gasteiger partial charge in [-0.05, 0) is 49.9 Å². The average molecular weight is 432 g/mol. The molecule has 0 bridgehead atoms. The maximum absolute atomic E-state index is 12.6. The smallest absolute Gasteiger partial charge is 0.267 e. The first-order valence-corrected chi connectivity index (χ1v) is 10.9. The summed E-state index contributed by atoms with van der Waals surface area (Å²) in [6.45, 7) is 6.14. The molecule has 0 radical (unpaired) electrons. The molecule has 2 heterocycles. The first-order chi connectivity index (χ1) is 14.0. The second-order valence-corrected chi connectivity index (χ2v) is 8.42. The first kappa shape index (κ1) is 21.0. The monoisotopic (exact) mass is 431 g/mol. The fraction of sp³-hybridized carbons (Fsp3) is 0.316. The van der Waals surface area contributed by atoms with E-state index in [1.54, 1.807) is 24.8 Å². The molecule has 0 aliphatic carbocycles. The van der Waals surface area contributed by atoms with E-state index in [1.165, 1.54) is 22.1 Å². The third-order valence-corrected chi connectivity index (χ3v) is 5.79. The molecule has 0 aliphatic heterocycles. The van der Waals surface area contributed by atoms with Crippen LogP contribution in [-0.4, -0.2) is 38.2 Å². The van der Waals surface area contributed by atoms with Gasteiger partial charge in [-0.1, -0.05) is 30.0 Å². The van der Waals surface area contributed by atoms with Crippen molar-refractivity contribution in [3.8, 4) is 17.0 Å². The minimum absolute atomic E-state index is 0.359. The van der Waals surface area contributed by atoms with Crippen molar-refractivity contribution in [1.82, 2.24) is 20.0 Å². The number of hydrogen-bond donors (Lipinski definition) is 1. The number of carbonyl (C=O) groups is 1. The topological polar surface area (TPSA) is 99.0 Å². The fourth-order valence-corrected chi connectivity index (χ4v) is 4.16. The molecule has 10 heteroatoms. The Balaban J connectivity index is 1.78. The van der Waals surface area contributed by atoms with Crippen molar-refractivity contribution in [3.63, 3.8) is 0 Å². The lowest BCUT2D eigenvalue weighted by Crippen LogP contribution is -2.33. The van der Waals surface area contributed by atoms with Gasteiger partial charge in [0.1, 0.15) is 11.8 Å². The molecular weight excluding hydrogens is 410 g/mol. The minimum atomic E-state index is -0.809. The van der Waals surface area contributed by atoms with E-state index in [-0.39, 0.29) is 11.5 Å². The molecule has 1 unspecified atom stereocenters. The zero-order valence-electron chi connectivity index (χ0n) is 16.3. The molecule has 3 rings (SSSR count). The van der Waals surface area contributed by atoms with Gasteiger partial charge in [-0.2, -0.15) is 5.10 Å². The Kier molecular flexibility index (Phi) is 6.99. The van der Waals surface area contributed by atoms with Crippen molar-refractivity contribution in [2.24, 2.45) is 0 Å². The molecule has 2 aromatic heterocycles. The number of benzene rings is 1. The largest absolute Gasteiger partial charge is 0.494 e. The molecule has 1 aromatic carbocycles. The zero-order valence-corrected chi connectivity index (χ0v) is 17.9. The first-order valence-electron chi connectivity index (χ1n) is 9.12. The molecule has 0 aliphatic rings. The van der Waals surface area contributed by atoms with E-state index in [4.69, 9.17) is 4.74 Å². The van der Waals surface area contributed by atoms with Crippen LogP contribution < -0.4 is 15.6 Å². The van der Waals surface area contributed by atoms with Crippen LogP contribution in [0, 0.1) is 0 Å². The summed E-state index contributed by atoms with van der Waals surface area (Å²) >= 11 is 2.85. The van der Waals surface area contributed by atoms with Crippen LogP contribution in [0.25, 0.3) is 11.3 Å². The van der Waals surface area contributed by atoms with Crippen LogP contribution >= 0.6 is 23.1 Å². The lowest BCUT2D eigenvalue weighted by molar-refractivity contribution is -0.119. The van der Waals surface area contributed by atoms with Gasteiger partial charge < -0.3 is 4.74 Å². The SMILES string of the molecule is CCOc1ccc(-c2ccc(=O)n(C(C)C(=O)Nc3nnc(SCC)s3)n2)cc1. The predicted molar refractivity (Wildman–Crippen MR) is 115 cm³/mol. The number of anilines is 1. The molecule has 0 fully saturated rings. The fourth-order valence-electron chi connectivity index (χ4n) is 2.51. The molecular formula is C19H21N5O3S2. The van der Waals surface area contributed by atoms with E-state index in [2.05, 4.69) is 20.6 Å². The van der Waals surface area contributed by atoms with Crippen molar-refractivity contribution < 1.29 is 9.53 Å². The number of ether oxygens (including phenoxy) is 1. The van der Waals surface area contributed by atoms with Crippen LogP contribution in [0.1, 0.15) is 26.8 Å². The van der Waals surface area contributed by atoms with Crippen LogP contribution in [0.5, 0.6) is 5.75 Å². The van der Waals surface area contributed by atoms with Gasteiger partial charge in [0.15, 0.2) is 4.34 Å². The summed E-state index contributed by atoms with van der Waals surface area (Å²) in [5.74, 6) is 1.25. The number of nitrogens with zero attached hydrogens (tertiary/aromatic N) is 4. The average Bonchev–Trinajstić information content (AvgIpc) is 3.16. The number of carbonyl (C=O) groups excluding carboxylic acids is 1. The van der Waals surface area contributed by atoms with E-state index in [0.29, 0.717) is 17.4 Å². The maximum atomic E-state index is 12.6. The van der Waals surface area contributed by atoms with Crippen molar-refractivity contribution in [3.05, 3.63) is 46.8 Å². The Morgan fingerprint density at radius 2 is 1.97 bits per heavy atom. The highest BCUT2D eigenvalue weighted by Gasteiger charge is 2.20. The number of nitrogens with one attached hydrogen (secondary N) is 1. The molecule has 8 nitrogen and oxygen atoms in total. The summed E-state index contributed by atoms with van der Waals surface area (Å²) < 4.78 is 7.39. The highest BCUT2D eigenvalue weighted by molar-refractivity contribution is 8.01. The number of rotatable bonds is 8. The van der Waals surface area contributed by atoms with Gasteiger partial charge in [0.25, 0.3) is 11.5 Å². The molecule has 152 valence electrons. The number of hydrogen-bond acceptors (Lipinski definition) is 8. The zero-order chi connectivity index (χ0) is 20.8. The maximum Gasteiger partial charge on any atom is 0.267 e. The minimum Gasteiger partial charge on any atom is -0.494 e. The Morgan fingerprint density at radius 1 is 1.21 bits per heavy atom. The Morgan fingerprint density at radius 3 is 2.66 bits per heavy atom. The third kappa shape index (κ3) is 5.21. The number of thioether (sulfide) groups is 1. The van der Waals surface area contributed by atoms with Gasteiger partial charge in [0.2, 0.25) is 5.13 Å². The summed E-state index contributed by atoms with van der Waals surface area (Å²) in [5.41, 5.74) is 1.05. The van der Waals surface area contributed by atoms with Crippen molar-refractivity contribution >= 4 is 34.1 Å². The summed E-state index contributed by atoms with van der Waals surface area (Å²) in [6.07, 6.45) is 0. The standard InChI is InChI=1S/C19H21N5O3S2/c1-4-27-14-8-6-13(7-9-14)15-10-11-16(25)24(23-15)12(3)17(26)20-18-21-22-19(29-18)28-5-2/h6-12H,4-5H2,1-3H3,(H,20,21,26). The Hall–Kier alpha value is -2.72. The van der Waals surface area contributed by atoms with Crippen molar-refractivity contribution in [2.75, 3.05) is 17.7 Å². The van der Waals surface area contributed by atoms with Gasteiger partial charge in [0, 0.05) is 11.6 Å². The molecule has 1 atom stereocenters. The van der Waals surface area contributed by atoms with Crippen LogP contribution in [0.2, 0.25) is 0 Å². The van der Waals surface area contributed by atoms with Gasteiger partial charge in [-0.15, -0.1) is 10.2 Å². The van der Waals surface area contributed by atoms with Crippen molar-refractivity contribution in [2.45, 2.75) is 31.2 Å². The molecule has 0 saturated heterocycles. The predicted octanol–water partition coefficient (Wildman–Crippen LogP) is 3.47. The number of amides is 1. The summed E-state index contributed by atoms with van der Waals surface area (Å²) in [6, 6.07) is 9.64. The molecule has 1 amide bonds. The normalized spacial score (nSPS) is 11.8. The van der Waals surface area contributed by atoms with Crippen LogP contribution in [0.3, 0.4) is 0 Å². The van der Waals surface area contributed by atoms with Gasteiger partial charge in [0.05, 0.1) is 12.3 Å². The van der Waals surface area contributed by atoms with E-state index < -0.39 is 6.04 Å². The lowest BCUT2D eigenvalue weighted by Gasteiger charge is -2.14. The van der Waals surface area contributed by atoms with Gasteiger partial charge >= 0.3 is 0 Å². The highest BCUT2D eigenvalue weighted by atomic mass is 32.2. The van der Waals surface area contributed by atoms with Crippen molar-refractivity contribution in [1.29, 1.82) is 0 Å². The molecule has 0 spiro atoms. The van der Waals surface area contributed by atoms with E-state index in [9.17, 15) is 9.59 Å². The van der Waals surface area contributed by atoms with E-state index in [0.717, 1.165) is 21.4 Å². The molecule has 0 saturated carbocycles. The molecule has 3 aromatic rings. The Labute approximate surface area is 176 Å². The Bertz CT molecular complexity index is 1030. The second-order valence-electron chi connectivity index (χ2n) is 5.93. The van der Waals surface area contributed by atoms with Crippen LogP contribution in [0.15, 0.2) is 45.5 Å². The lowest BCUT2D eigenvalue weighted by atomic mass is 10.1. The summed E-state index contributed by atoms with van der Waals surface area (Å²) in [5, 5.41) is 15.4.